The standard InChI is InChI=1S/C19H24N6S/c1-14(11-24-13-20-12-21-24)19-22-18(7-8-26-2)23-25(19)17-9-15-5-3-4-6-16(15)10-17/h3-6,12-14,17H,7-11H2,1-2H3. The van der Waals surface area contributed by atoms with Crippen molar-refractivity contribution in [2.75, 3.05) is 12.0 Å². The van der Waals surface area contributed by atoms with Gasteiger partial charge in [0.25, 0.3) is 0 Å². The average Bonchev–Trinajstić information content (AvgIpc) is 3.38. The van der Waals surface area contributed by atoms with Crippen LogP contribution >= 0.6 is 11.8 Å². The van der Waals surface area contributed by atoms with Gasteiger partial charge in [-0.15, -0.1) is 0 Å². The number of benzene rings is 1. The quantitative estimate of drug-likeness (QED) is 0.642. The number of hydrogen-bond donors (Lipinski definition) is 0. The van der Waals surface area contributed by atoms with Gasteiger partial charge in [-0.2, -0.15) is 22.0 Å². The van der Waals surface area contributed by atoms with Crippen LogP contribution in [0.15, 0.2) is 36.9 Å². The summed E-state index contributed by atoms with van der Waals surface area (Å²) in [6.07, 6.45) is 8.44. The largest absolute Gasteiger partial charge is 0.252 e. The van der Waals surface area contributed by atoms with E-state index in [1.807, 2.05) is 16.4 Å². The van der Waals surface area contributed by atoms with Crippen LogP contribution in [0.4, 0.5) is 0 Å². The Bertz CT molecular complexity index is 832. The van der Waals surface area contributed by atoms with Crippen LogP contribution in [0, 0.1) is 0 Å². The van der Waals surface area contributed by atoms with Gasteiger partial charge >= 0.3 is 0 Å². The first kappa shape index (κ1) is 17.3. The molecular weight excluding hydrogens is 344 g/mol. The molecule has 0 N–H and O–H groups in total. The molecule has 4 rings (SSSR count). The zero-order chi connectivity index (χ0) is 17.9. The Morgan fingerprint density at radius 1 is 1.23 bits per heavy atom. The third kappa shape index (κ3) is 3.53. The molecule has 0 radical (unpaired) electrons. The number of thioether (sulfide) groups is 1. The Hall–Kier alpha value is -2.15. The van der Waals surface area contributed by atoms with Gasteiger partial charge in [-0.3, -0.25) is 4.68 Å². The van der Waals surface area contributed by atoms with Gasteiger partial charge in [0.15, 0.2) is 5.82 Å². The average molecular weight is 369 g/mol. The maximum Gasteiger partial charge on any atom is 0.151 e. The lowest BCUT2D eigenvalue weighted by atomic mass is 10.1. The van der Waals surface area contributed by atoms with Crippen molar-refractivity contribution in [3.8, 4) is 0 Å². The lowest BCUT2D eigenvalue weighted by Gasteiger charge is -2.17. The van der Waals surface area contributed by atoms with Crippen LogP contribution in [-0.4, -0.2) is 41.5 Å². The molecule has 6 nitrogen and oxygen atoms in total. The second-order valence-corrected chi connectivity index (χ2v) is 7.91. The summed E-state index contributed by atoms with van der Waals surface area (Å²) in [4.78, 5) is 8.96. The van der Waals surface area contributed by atoms with Gasteiger partial charge in [-0.05, 0) is 30.2 Å². The van der Waals surface area contributed by atoms with Crippen molar-refractivity contribution in [1.82, 2.24) is 29.5 Å². The first-order valence-corrected chi connectivity index (χ1v) is 10.5. The van der Waals surface area contributed by atoms with Gasteiger partial charge in [-0.1, -0.05) is 31.2 Å². The number of nitrogens with zero attached hydrogens (tertiary/aromatic N) is 6. The molecule has 0 spiro atoms. The molecule has 0 fully saturated rings. The minimum Gasteiger partial charge on any atom is -0.252 e. The lowest BCUT2D eigenvalue weighted by molar-refractivity contribution is 0.420. The van der Waals surface area contributed by atoms with Crippen LogP contribution in [0.3, 0.4) is 0 Å². The van der Waals surface area contributed by atoms with Gasteiger partial charge in [0.2, 0.25) is 0 Å². The highest BCUT2D eigenvalue weighted by molar-refractivity contribution is 7.98. The van der Waals surface area contributed by atoms with E-state index in [0.29, 0.717) is 6.04 Å². The minimum absolute atomic E-state index is 0.232. The van der Waals surface area contributed by atoms with E-state index in [2.05, 4.69) is 52.2 Å². The Balaban J connectivity index is 1.61. The van der Waals surface area contributed by atoms with Crippen molar-refractivity contribution in [2.24, 2.45) is 0 Å². The smallest absolute Gasteiger partial charge is 0.151 e. The van der Waals surface area contributed by atoms with E-state index in [9.17, 15) is 0 Å². The molecular formula is C19H24N6S. The van der Waals surface area contributed by atoms with Crippen LogP contribution in [0.1, 0.15) is 41.7 Å². The van der Waals surface area contributed by atoms with Crippen LogP contribution in [0.25, 0.3) is 0 Å². The Kier molecular flexibility index (Phi) is 5.06. The van der Waals surface area contributed by atoms with Crippen LogP contribution in [0.5, 0.6) is 0 Å². The van der Waals surface area contributed by atoms with E-state index >= 15 is 0 Å². The molecule has 0 saturated carbocycles. The van der Waals surface area contributed by atoms with Gasteiger partial charge in [-0.25, -0.2) is 14.6 Å². The molecule has 1 aliphatic carbocycles. The van der Waals surface area contributed by atoms with E-state index < -0.39 is 0 Å². The molecule has 136 valence electrons. The molecule has 0 saturated heterocycles. The SMILES string of the molecule is CSCCc1nc(C(C)Cn2cncn2)n(C2Cc3ccccc3C2)n1. The third-order valence-corrected chi connectivity index (χ3v) is 5.59. The van der Waals surface area contributed by atoms with E-state index in [1.54, 1.807) is 12.7 Å². The highest BCUT2D eigenvalue weighted by Crippen LogP contribution is 2.32. The van der Waals surface area contributed by atoms with E-state index in [4.69, 9.17) is 10.1 Å². The molecule has 2 aromatic heterocycles. The van der Waals surface area contributed by atoms with Crippen LogP contribution < -0.4 is 0 Å². The summed E-state index contributed by atoms with van der Waals surface area (Å²) in [5.74, 6) is 3.30. The fourth-order valence-electron chi connectivity index (χ4n) is 3.68. The van der Waals surface area contributed by atoms with Crippen molar-refractivity contribution in [3.05, 3.63) is 59.7 Å². The molecule has 26 heavy (non-hydrogen) atoms. The highest BCUT2D eigenvalue weighted by atomic mass is 32.2. The van der Waals surface area contributed by atoms with Crippen molar-refractivity contribution < 1.29 is 0 Å². The Morgan fingerprint density at radius 3 is 2.65 bits per heavy atom. The molecule has 1 unspecified atom stereocenters. The summed E-state index contributed by atoms with van der Waals surface area (Å²) in [7, 11) is 0. The summed E-state index contributed by atoms with van der Waals surface area (Å²) < 4.78 is 4.06. The monoisotopic (exact) mass is 368 g/mol. The summed E-state index contributed by atoms with van der Waals surface area (Å²) in [5.41, 5.74) is 2.88. The maximum atomic E-state index is 4.91. The van der Waals surface area contributed by atoms with Crippen LogP contribution in [0.2, 0.25) is 0 Å². The summed E-state index contributed by atoms with van der Waals surface area (Å²) >= 11 is 1.83. The summed E-state index contributed by atoms with van der Waals surface area (Å²) in [6.45, 7) is 2.96. The lowest BCUT2D eigenvalue weighted by Crippen LogP contribution is -2.18. The molecule has 0 amide bonds. The van der Waals surface area contributed by atoms with E-state index in [1.165, 1.54) is 11.1 Å². The van der Waals surface area contributed by atoms with Gasteiger partial charge in [0.1, 0.15) is 18.5 Å². The van der Waals surface area contributed by atoms with Gasteiger partial charge in [0.05, 0.1) is 12.6 Å². The third-order valence-electron chi connectivity index (χ3n) is 4.97. The number of rotatable bonds is 7. The highest BCUT2D eigenvalue weighted by Gasteiger charge is 2.28. The molecule has 3 aromatic rings. The zero-order valence-corrected chi connectivity index (χ0v) is 16.1. The molecule has 1 atom stereocenters. The summed E-state index contributed by atoms with van der Waals surface area (Å²) in [5, 5.41) is 9.15. The fraction of sp³-hybridized carbons (Fsp3) is 0.474. The molecule has 1 aromatic carbocycles. The molecule has 1 aliphatic rings. The Labute approximate surface area is 158 Å². The first-order valence-electron chi connectivity index (χ1n) is 9.08. The first-order chi connectivity index (χ1) is 12.7. The number of fused-ring (bicyclic) bond motifs is 1. The molecule has 2 heterocycles. The zero-order valence-electron chi connectivity index (χ0n) is 15.2. The molecule has 7 heteroatoms. The van der Waals surface area contributed by atoms with Crippen molar-refractivity contribution in [1.29, 1.82) is 0 Å². The maximum absolute atomic E-state index is 4.91. The Morgan fingerprint density at radius 2 is 2.00 bits per heavy atom. The van der Waals surface area contributed by atoms with Crippen molar-refractivity contribution >= 4 is 11.8 Å². The normalized spacial score (nSPS) is 15.3. The van der Waals surface area contributed by atoms with Gasteiger partial charge < -0.3 is 0 Å². The van der Waals surface area contributed by atoms with Crippen molar-refractivity contribution in [2.45, 2.75) is 44.7 Å². The minimum atomic E-state index is 0.232. The van der Waals surface area contributed by atoms with Gasteiger partial charge in [0, 0.05) is 18.1 Å². The fourth-order valence-corrected chi connectivity index (χ4v) is 4.07. The van der Waals surface area contributed by atoms with Crippen LogP contribution in [-0.2, 0) is 25.8 Å². The van der Waals surface area contributed by atoms with E-state index in [0.717, 1.165) is 43.2 Å². The summed E-state index contributed by atoms with van der Waals surface area (Å²) in [6, 6.07) is 9.08. The topological polar surface area (TPSA) is 61.4 Å². The predicted octanol–water partition coefficient (Wildman–Crippen LogP) is 2.92. The second-order valence-electron chi connectivity index (χ2n) is 6.92. The van der Waals surface area contributed by atoms with Crippen molar-refractivity contribution in [3.63, 3.8) is 0 Å². The number of aryl methyl sites for hydroxylation is 1. The second kappa shape index (κ2) is 7.61. The molecule has 0 aliphatic heterocycles. The molecule has 0 bridgehead atoms. The number of aromatic nitrogens is 6. The number of hydrogen-bond acceptors (Lipinski definition) is 5. The predicted molar refractivity (Wildman–Crippen MR) is 103 cm³/mol. The van der Waals surface area contributed by atoms with E-state index in [-0.39, 0.29) is 5.92 Å².